The third-order valence-electron chi connectivity index (χ3n) is 5.66. The maximum absolute atomic E-state index is 13.3. The number of nitrogens with zero attached hydrogens (tertiary/aromatic N) is 4. The van der Waals surface area contributed by atoms with Crippen LogP contribution in [0.25, 0.3) is 11.0 Å². The molecule has 4 rings (SSSR count). The number of rotatable bonds is 3. The first kappa shape index (κ1) is 15.6. The molecule has 2 heterocycles. The Bertz CT molecular complexity index is 784. The number of amides is 1. The van der Waals surface area contributed by atoms with Gasteiger partial charge in [0, 0.05) is 31.7 Å². The van der Waals surface area contributed by atoms with Crippen molar-refractivity contribution >= 4 is 16.9 Å². The van der Waals surface area contributed by atoms with Gasteiger partial charge in [-0.05, 0) is 38.7 Å². The molecule has 0 radical (unpaired) electrons. The topological polar surface area (TPSA) is 51.0 Å². The molecule has 2 aliphatic rings. The molecule has 5 heteroatoms. The van der Waals surface area contributed by atoms with Crippen molar-refractivity contribution < 1.29 is 4.79 Å². The van der Waals surface area contributed by atoms with Gasteiger partial charge in [-0.1, -0.05) is 19.3 Å². The van der Waals surface area contributed by atoms with Crippen molar-refractivity contribution in [3.63, 3.8) is 0 Å². The summed E-state index contributed by atoms with van der Waals surface area (Å²) >= 11 is 0. The van der Waals surface area contributed by atoms with Gasteiger partial charge in [0.15, 0.2) is 5.65 Å². The van der Waals surface area contributed by atoms with Crippen LogP contribution in [0.4, 0.5) is 0 Å². The molecule has 24 heavy (non-hydrogen) atoms. The average Bonchev–Trinajstić information content (AvgIpc) is 3.41. The summed E-state index contributed by atoms with van der Waals surface area (Å²) in [5, 5.41) is 5.43. The summed E-state index contributed by atoms with van der Waals surface area (Å²) in [5.41, 5.74) is 3.59. The SMILES string of the molecule is Cc1nn(C)c2nc(C3CC3)cc(C(=O)N(C)C3CCCCC3)c12. The van der Waals surface area contributed by atoms with E-state index in [4.69, 9.17) is 4.98 Å². The van der Waals surface area contributed by atoms with Crippen molar-refractivity contribution in [3.8, 4) is 0 Å². The van der Waals surface area contributed by atoms with E-state index in [2.05, 4.69) is 5.10 Å². The lowest BCUT2D eigenvalue weighted by atomic mass is 9.94. The van der Waals surface area contributed by atoms with Gasteiger partial charge < -0.3 is 4.90 Å². The summed E-state index contributed by atoms with van der Waals surface area (Å²) < 4.78 is 1.81. The smallest absolute Gasteiger partial charge is 0.254 e. The molecule has 0 aliphatic heterocycles. The average molecular weight is 326 g/mol. The monoisotopic (exact) mass is 326 g/mol. The first-order valence-corrected chi connectivity index (χ1v) is 9.17. The maximum Gasteiger partial charge on any atom is 0.254 e. The molecule has 2 aliphatic carbocycles. The molecule has 0 saturated heterocycles. The van der Waals surface area contributed by atoms with Crippen LogP contribution in [0.1, 0.15) is 72.6 Å². The Morgan fingerprint density at radius 3 is 2.58 bits per heavy atom. The zero-order valence-electron chi connectivity index (χ0n) is 14.9. The maximum atomic E-state index is 13.3. The van der Waals surface area contributed by atoms with Crippen molar-refractivity contribution in [3.05, 3.63) is 23.0 Å². The number of aromatic nitrogens is 3. The number of aryl methyl sites for hydroxylation is 2. The lowest BCUT2D eigenvalue weighted by Gasteiger charge is -2.31. The lowest BCUT2D eigenvalue weighted by molar-refractivity contribution is 0.0698. The predicted molar refractivity (Wildman–Crippen MR) is 94.2 cm³/mol. The summed E-state index contributed by atoms with van der Waals surface area (Å²) in [4.78, 5) is 20.0. The van der Waals surface area contributed by atoms with Crippen molar-refractivity contribution in [2.75, 3.05) is 7.05 Å². The molecule has 2 aromatic rings. The van der Waals surface area contributed by atoms with Gasteiger partial charge >= 0.3 is 0 Å². The quantitative estimate of drug-likeness (QED) is 0.866. The van der Waals surface area contributed by atoms with Gasteiger partial charge in [0.2, 0.25) is 0 Å². The van der Waals surface area contributed by atoms with E-state index in [1.54, 1.807) is 0 Å². The highest BCUT2D eigenvalue weighted by Crippen LogP contribution is 2.40. The molecule has 2 aromatic heterocycles. The fraction of sp³-hybridized carbons (Fsp3) is 0.632. The van der Waals surface area contributed by atoms with E-state index in [-0.39, 0.29) is 5.91 Å². The van der Waals surface area contributed by atoms with E-state index in [1.165, 1.54) is 32.1 Å². The van der Waals surface area contributed by atoms with E-state index in [0.29, 0.717) is 12.0 Å². The Morgan fingerprint density at radius 2 is 1.92 bits per heavy atom. The van der Waals surface area contributed by atoms with Crippen molar-refractivity contribution in [1.29, 1.82) is 0 Å². The molecule has 0 N–H and O–H groups in total. The van der Waals surface area contributed by atoms with Crippen LogP contribution in [-0.2, 0) is 7.05 Å². The van der Waals surface area contributed by atoms with Crippen molar-refractivity contribution in [1.82, 2.24) is 19.7 Å². The number of pyridine rings is 1. The van der Waals surface area contributed by atoms with Crippen LogP contribution < -0.4 is 0 Å². The minimum atomic E-state index is 0.132. The molecular formula is C19H26N4O. The number of hydrogen-bond donors (Lipinski definition) is 0. The van der Waals surface area contributed by atoms with Gasteiger partial charge in [-0.3, -0.25) is 9.48 Å². The van der Waals surface area contributed by atoms with E-state index in [9.17, 15) is 4.79 Å². The third kappa shape index (κ3) is 2.60. The normalized spacial score (nSPS) is 19.0. The predicted octanol–water partition coefficient (Wildman–Crippen LogP) is 3.56. The summed E-state index contributed by atoms with van der Waals surface area (Å²) in [6, 6.07) is 2.41. The van der Waals surface area contributed by atoms with Crippen LogP contribution in [0.5, 0.6) is 0 Å². The molecule has 0 spiro atoms. The second-order valence-corrected chi connectivity index (χ2v) is 7.48. The lowest BCUT2D eigenvalue weighted by Crippen LogP contribution is -2.38. The molecule has 5 nitrogen and oxygen atoms in total. The first-order chi connectivity index (χ1) is 11.6. The standard InChI is InChI=1S/C19H26N4O/c1-12-17-15(19(24)22(2)14-7-5-4-6-8-14)11-16(13-9-10-13)20-18(17)23(3)21-12/h11,13-14H,4-10H2,1-3H3. The Morgan fingerprint density at radius 1 is 1.21 bits per heavy atom. The minimum absolute atomic E-state index is 0.132. The highest BCUT2D eigenvalue weighted by atomic mass is 16.2. The zero-order valence-corrected chi connectivity index (χ0v) is 14.9. The summed E-state index contributed by atoms with van der Waals surface area (Å²) in [6.07, 6.45) is 8.37. The third-order valence-corrected chi connectivity index (χ3v) is 5.66. The van der Waals surface area contributed by atoms with E-state index in [0.717, 1.165) is 40.8 Å². The van der Waals surface area contributed by atoms with Crippen molar-refractivity contribution in [2.24, 2.45) is 7.05 Å². The Balaban J connectivity index is 1.77. The molecule has 2 saturated carbocycles. The molecule has 0 bridgehead atoms. The van der Waals surface area contributed by atoms with Crippen molar-refractivity contribution in [2.45, 2.75) is 63.8 Å². The zero-order chi connectivity index (χ0) is 16.8. The summed E-state index contributed by atoms with van der Waals surface area (Å²) in [5.74, 6) is 0.656. The van der Waals surface area contributed by atoms with Gasteiger partial charge in [-0.2, -0.15) is 5.10 Å². The Kier molecular flexibility index (Phi) is 3.82. The van der Waals surface area contributed by atoms with Crippen LogP contribution in [0.2, 0.25) is 0 Å². The highest BCUT2D eigenvalue weighted by Gasteiger charge is 2.30. The Hall–Kier alpha value is -1.91. The molecule has 0 atom stereocenters. The molecule has 128 valence electrons. The fourth-order valence-corrected chi connectivity index (χ4v) is 4.05. The molecule has 1 amide bonds. The van der Waals surface area contributed by atoms with Gasteiger partial charge in [0.05, 0.1) is 16.6 Å². The molecule has 0 aromatic carbocycles. The summed E-state index contributed by atoms with van der Waals surface area (Å²) in [7, 11) is 3.88. The number of fused-ring (bicyclic) bond motifs is 1. The van der Waals surface area contributed by atoms with Gasteiger partial charge in [-0.25, -0.2) is 4.98 Å². The highest BCUT2D eigenvalue weighted by molar-refractivity contribution is 6.06. The Labute approximate surface area is 143 Å². The molecule has 2 fully saturated rings. The number of hydrogen-bond acceptors (Lipinski definition) is 3. The molecular weight excluding hydrogens is 300 g/mol. The first-order valence-electron chi connectivity index (χ1n) is 9.17. The second-order valence-electron chi connectivity index (χ2n) is 7.48. The second kappa shape index (κ2) is 5.87. The number of carbonyl (C=O) groups is 1. The minimum Gasteiger partial charge on any atom is -0.339 e. The van der Waals surface area contributed by atoms with Crippen LogP contribution in [0.15, 0.2) is 6.07 Å². The summed E-state index contributed by atoms with van der Waals surface area (Å²) in [6.45, 7) is 1.97. The van der Waals surface area contributed by atoms with E-state index < -0.39 is 0 Å². The van der Waals surface area contributed by atoms with Gasteiger partial charge in [0.1, 0.15) is 0 Å². The molecule has 0 unspecified atom stereocenters. The fourth-order valence-electron chi connectivity index (χ4n) is 4.05. The van der Waals surface area contributed by atoms with Crippen LogP contribution in [0, 0.1) is 6.92 Å². The largest absolute Gasteiger partial charge is 0.339 e. The van der Waals surface area contributed by atoms with Crippen LogP contribution >= 0.6 is 0 Å². The van der Waals surface area contributed by atoms with E-state index in [1.807, 2.05) is 36.7 Å². The van der Waals surface area contributed by atoms with Gasteiger partial charge in [-0.15, -0.1) is 0 Å². The number of carbonyl (C=O) groups excluding carboxylic acids is 1. The van der Waals surface area contributed by atoms with Crippen LogP contribution in [-0.4, -0.2) is 38.7 Å². The van der Waals surface area contributed by atoms with Crippen LogP contribution in [0.3, 0.4) is 0 Å². The van der Waals surface area contributed by atoms with E-state index >= 15 is 0 Å². The van der Waals surface area contributed by atoms with Gasteiger partial charge in [0.25, 0.3) is 5.91 Å².